The fourth-order valence-electron chi connectivity index (χ4n) is 2.22. The van der Waals surface area contributed by atoms with Gasteiger partial charge in [-0.05, 0) is 13.8 Å². The van der Waals surface area contributed by atoms with E-state index in [1.165, 1.54) is 6.92 Å². The second-order valence-corrected chi connectivity index (χ2v) is 10.4. The highest BCUT2D eigenvalue weighted by Gasteiger charge is 2.54. The van der Waals surface area contributed by atoms with Gasteiger partial charge in [0.2, 0.25) is 0 Å². The molecule has 8 atom stereocenters. The standard InChI is InChI=1S/C9H16O15P4/c1-3-18-9(11)8-6(20-26(13)24-28(16,17)22-8)7-5(4(2)10)19-25(12)23-27(14,15)21-7/h5-8,25-26H,3H2,1-2H3,(H,14,15)(H,16,17)/t5-,6+,7+,8-/m0/s1. The summed E-state index contributed by atoms with van der Waals surface area (Å²) in [5.74, 6) is -2.25. The van der Waals surface area contributed by atoms with Crippen LogP contribution >= 0.6 is 32.2 Å². The molecule has 0 radical (unpaired) electrons. The second kappa shape index (κ2) is 9.26. The Morgan fingerprint density at radius 2 is 1.50 bits per heavy atom. The van der Waals surface area contributed by atoms with Crippen molar-refractivity contribution in [3.63, 3.8) is 0 Å². The lowest BCUT2D eigenvalue weighted by Gasteiger charge is -2.30. The molecule has 0 amide bonds. The van der Waals surface area contributed by atoms with Crippen molar-refractivity contribution in [2.24, 2.45) is 0 Å². The third-order valence-corrected chi connectivity index (χ3v) is 8.13. The molecule has 0 saturated carbocycles. The van der Waals surface area contributed by atoms with E-state index >= 15 is 0 Å². The van der Waals surface area contributed by atoms with Gasteiger partial charge in [0, 0.05) is 0 Å². The minimum Gasteiger partial charge on any atom is -0.464 e. The third kappa shape index (κ3) is 6.12. The molecule has 0 bridgehead atoms. The van der Waals surface area contributed by atoms with Crippen LogP contribution in [0.5, 0.6) is 0 Å². The molecule has 2 aliphatic heterocycles. The summed E-state index contributed by atoms with van der Waals surface area (Å²) in [7, 11) is -17.8. The van der Waals surface area contributed by atoms with Crippen LogP contribution in [0.1, 0.15) is 13.8 Å². The first kappa shape index (κ1) is 24.0. The van der Waals surface area contributed by atoms with Crippen LogP contribution in [-0.2, 0) is 59.3 Å². The van der Waals surface area contributed by atoms with E-state index in [1.54, 1.807) is 0 Å². The topological polar surface area (TPSA) is 207 Å². The number of phosphoric acid groups is 2. The molecule has 15 nitrogen and oxygen atoms in total. The van der Waals surface area contributed by atoms with E-state index < -0.39 is 68.3 Å². The number of Topliss-reactive ketones (excluding diaryl/α,β-unsaturated/α-hetero) is 1. The number of phosphoric ester groups is 2. The molecule has 0 spiro atoms. The first-order valence-corrected chi connectivity index (χ1v) is 12.8. The van der Waals surface area contributed by atoms with Crippen molar-refractivity contribution in [3.05, 3.63) is 0 Å². The van der Waals surface area contributed by atoms with Gasteiger partial charge >= 0.3 is 38.1 Å². The van der Waals surface area contributed by atoms with Gasteiger partial charge in [0.05, 0.1) is 6.61 Å². The van der Waals surface area contributed by atoms with Gasteiger partial charge in [0.1, 0.15) is 12.2 Å². The van der Waals surface area contributed by atoms with E-state index in [0.717, 1.165) is 6.92 Å². The zero-order valence-corrected chi connectivity index (χ0v) is 17.9. The van der Waals surface area contributed by atoms with E-state index in [4.69, 9.17) is 13.6 Å². The summed E-state index contributed by atoms with van der Waals surface area (Å²) >= 11 is 0. The van der Waals surface area contributed by atoms with Crippen LogP contribution < -0.4 is 0 Å². The molecule has 0 aromatic carbocycles. The molecule has 2 N–H and O–H groups in total. The molecule has 0 aromatic rings. The van der Waals surface area contributed by atoms with Crippen LogP contribution in [0, 0.1) is 0 Å². The lowest BCUT2D eigenvalue weighted by Crippen LogP contribution is -2.51. The lowest BCUT2D eigenvalue weighted by molar-refractivity contribution is -0.162. The van der Waals surface area contributed by atoms with Crippen LogP contribution in [0.15, 0.2) is 0 Å². The van der Waals surface area contributed by atoms with Gasteiger partial charge in [-0.2, -0.15) is 0 Å². The average molecular weight is 488 g/mol. The maximum Gasteiger partial charge on any atom is 0.480 e. The Morgan fingerprint density at radius 3 is 2.04 bits per heavy atom. The third-order valence-electron chi connectivity index (χ3n) is 3.18. The zero-order valence-electron chi connectivity index (χ0n) is 14.1. The molecular formula is C9H16O15P4. The summed E-state index contributed by atoms with van der Waals surface area (Å²) in [6.45, 7) is 2.07. The SMILES string of the molecule is CCOC(=O)[C@H]1OP(=O)(O)O[PH](=O)O[C@@H]1[C@@H]1OP(=O)(O)O[PH](=O)O[C@H]1C(C)=O. The van der Waals surface area contributed by atoms with Crippen molar-refractivity contribution in [1.29, 1.82) is 0 Å². The predicted molar refractivity (Wildman–Crippen MR) is 86.6 cm³/mol. The molecular weight excluding hydrogens is 472 g/mol. The molecule has 19 heteroatoms. The summed E-state index contributed by atoms with van der Waals surface area (Å²) < 4.78 is 79.2. The van der Waals surface area contributed by atoms with E-state index in [-0.39, 0.29) is 6.61 Å². The zero-order chi connectivity index (χ0) is 21.3. The number of ether oxygens (including phenoxy) is 1. The number of esters is 1. The van der Waals surface area contributed by atoms with Gasteiger partial charge in [-0.1, -0.05) is 0 Å². The molecule has 2 heterocycles. The number of carbonyl (C=O) groups excluding carboxylic acids is 2. The van der Waals surface area contributed by atoms with Crippen molar-refractivity contribution in [2.75, 3.05) is 6.61 Å². The highest BCUT2D eigenvalue weighted by Crippen LogP contribution is 2.61. The maximum absolute atomic E-state index is 12.2. The van der Waals surface area contributed by atoms with Gasteiger partial charge in [0.25, 0.3) is 0 Å². The molecule has 2 rings (SSSR count). The Kier molecular flexibility index (Phi) is 7.94. The predicted octanol–water partition coefficient (Wildman–Crippen LogP) is 0.720. The number of hydrogen-bond donors (Lipinski definition) is 2. The van der Waals surface area contributed by atoms with Crippen LogP contribution in [0.4, 0.5) is 0 Å². The molecule has 2 aliphatic rings. The highest BCUT2D eigenvalue weighted by molar-refractivity contribution is 7.56. The Hall–Kier alpha value is -0.260. The van der Waals surface area contributed by atoms with E-state index in [1.807, 2.05) is 0 Å². The summed E-state index contributed by atoms with van der Waals surface area (Å²) in [6.07, 6.45) is -8.30. The smallest absolute Gasteiger partial charge is 0.464 e. The minimum absolute atomic E-state index is 0.231. The number of ketones is 1. The lowest BCUT2D eigenvalue weighted by atomic mass is 10.0. The number of carbonyl (C=O) groups is 2. The molecule has 28 heavy (non-hydrogen) atoms. The molecule has 2 fully saturated rings. The van der Waals surface area contributed by atoms with Crippen molar-refractivity contribution in [1.82, 2.24) is 0 Å². The Balaban J connectivity index is 2.54. The summed E-state index contributed by atoms with van der Waals surface area (Å²) in [6, 6.07) is 0. The van der Waals surface area contributed by atoms with Gasteiger partial charge < -0.3 is 19.0 Å². The number of hydrogen-bond acceptors (Lipinski definition) is 13. The van der Waals surface area contributed by atoms with Crippen molar-refractivity contribution in [3.8, 4) is 0 Å². The molecule has 0 aromatic heterocycles. The Bertz CT molecular complexity index is 779. The summed E-state index contributed by atoms with van der Waals surface area (Å²) in [4.78, 5) is 43.2. The van der Waals surface area contributed by atoms with Gasteiger partial charge in [0.15, 0.2) is 18.0 Å². The molecule has 0 aliphatic carbocycles. The van der Waals surface area contributed by atoms with E-state index in [0.29, 0.717) is 0 Å². The van der Waals surface area contributed by atoms with Crippen LogP contribution in [0.2, 0.25) is 0 Å². The first-order chi connectivity index (χ1) is 12.8. The largest absolute Gasteiger partial charge is 0.480 e. The van der Waals surface area contributed by atoms with Crippen molar-refractivity contribution < 1.29 is 69.1 Å². The second-order valence-electron chi connectivity index (χ2n) is 5.20. The van der Waals surface area contributed by atoms with Gasteiger partial charge in [-0.3, -0.25) is 27.5 Å². The Morgan fingerprint density at radius 1 is 0.964 bits per heavy atom. The van der Waals surface area contributed by atoms with Crippen molar-refractivity contribution in [2.45, 2.75) is 38.3 Å². The fourth-order valence-corrected chi connectivity index (χ4v) is 6.43. The van der Waals surface area contributed by atoms with Crippen molar-refractivity contribution >= 4 is 43.9 Å². The van der Waals surface area contributed by atoms with E-state index in [9.17, 15) is 37.6 Å². The normalized spacial score (nSPS) is 44.9. The minimum atomic E-state index is -5.12. The van der Waals surface area contributed by atoms with Gasteiger partial charge in [-0.15, -0.1) is 0 Å². The molecule has 4 unspecified atom stereocenters. The maximum atomic E-state index is 12.2. The molecule has 2 saturated heterocycles. The number of rotatable bonds is 4. The molecule has 162 valence electrons. The average Bonchev–Trinajstić information content (AvgIpc) is 2.72. The first-order valence-electron chi connectivity index (χ1n) is 7.35. The Labute approximate surface area is 158 Å². The van der Waals surface area contributed by atoms with Crippen LogP contribution in [0.3, 0.4) is 0 Å². The van der Waals surface area contributed by atoms with E-state index in [2.05, 4.69) is 17.9 Å². The summed E-state index contributed by atoms with van der Waals surface area (Å²) in [5, 5.41) is 0. The van der Waals surface area contributed by atoms with Crippen LogP contribution in [0.25, 0.3) is 0 Å². The van der Waals surface area contributed by atoms with Crippen LogP contribution in [-0.4, -0.2) is 52.6 Å². The van der Waals surface area contributed by atoms with Gasteiger partial charge in [-0.25, -0.2) is 22.5 Å². The summed E-state index contributed by atoms with van der Waals surface area (Å²) in [5.41, 5.74) is 0. The fraction of sp³-hybridized carbons (Fsp3) is 0.778. The monoisotopic (exact) mass is 488 g/mol. The quantitative estimate of drug-likeness (QED) is 0.413. The highest BCUT2D eigenvalue weighted by atomic mass is 31.2.